The first kappa shape index (κ1) is 11.8. The van der Waals surface area contributed by atoms with Gasteiger partial charge in [-0.1, -0.05) is 0 Å². The standard InChI is InChI=1S/C13H16N4O2/c18-13(16-10-3-4-10)9-17-8-11(6-15-17)14-7-12-2-1-5-19-12/h1-2,5-6,8,10,14H,3-4,7,9H2,(H,16,18). The molecule has 1 fully saturated rings. The summed E-state index contributed by atoms with van der Waals surface area (Å²) in [5.74, 6) is 0.877. The van der Waals surface area contributed by atoms with Gasteiger partial charge in [-0.2, -0.15) is 5.10 Å². The van der Waals surface area contributed by atoms with Crippen molar-refractivity contribution in [3.8, 4) is 0 Å². The molecule has 1 amide bonds. The maximum absolute atomic E-state index is 11.6. The molecular formula is C13H16N4O2. The van der Waals surface area contributed by atoms with Crippen LogP contribution in [0.1, 0.15) is 18.6 Å². The van der Waals surface area contributed by atoms with Gasteiger partial charge < -0.3 is 15.1 Å². The van der Waals surface area contributed by atoms with E-state index in [-0.39, 0.29) is 12.5 Å². The quantitative estimate of drug-likeness (QED) is 0.822. The molecule has 2 N–H and O–H groups in total. The maximum atomic E-state index is 11.6. The van der Waals surface area contributed by atoms with E-state index in [4.69, 9.17) is 4.42 Å². The van der Waals surface area contributed by atoms with Crippen LogP contribution in [-0.2, 0) is 17.9 Å². The number of amides is 1. The Kier molecular flexibility index (Phi) is 3.22. The summed E-state index contributed by atoms with van der Waals surface area (Å²) in [5.41, 5.74) is 0.871. The van der Waals surface area contributed by atoms with E-state index in [0.29, 0.717) is 12.6 Å². The van der Waals surface area contributed by atoms with Gasteiger partial charge in [0.25, 0.3) is 0 Å². The van der Waals surface area contributed by atoms with Gasteiger partial charge in [-0.05, 0) is 25.0 Å². The monoisotopic (exact) mass is 260 g/mol. The lowest BCUT2D eigenvalue weighted by Crippen LogP contribution is -2.29. The Morgan fingerprint density at radius 1 is 1.53 bits per heavy atom. The van der Waals surface area contributed by atoms with Gasteiger partial charge in [-0.15, -0.1) is 0 Å². The number of carbonyl (C=O) groups excluding carboxylic acids is 1. The van der Waals surface area contributed by atoms with Crippen LogP contribution >= 0.6 is 0 Å². The summed E-state index contributed by atoms with van der Waals surface area (Å²) in [7, 11) is 0. The number of rotatable bonds is 6. The van der Waals surface area contributed by atoms with Gasteiger partial charge in [0.2, 0.25) is 5.91 Å². The van der Waals surface area contributed by atoms with Gasteiger partial charge in [0.1, 0.15) is 12.3 Å². The molecule has 0 bridgehead atoms. The van der Waals surface area contributed by atoms with Crippen molar-refractivity contribution < 1.29 is 9.21 Å². The van der Waals surface area contributed by atoms with E-state index in [1.807, 2.05) is 18.3 Å². The van der Waals surface area contributed by atoms with Gasteiger partial charge in [-0.3, -0.25) is 9.48 Å². The molecule has 0 spiro atoms. The molecule has 3 rings (SSSR count). The summed E-state index contributed by atoms with van der Waals surface area (Å²) in [4.78, 5) is 11.6. The minimum Gasteiger partial charge on any atom is -0.467 e. The first-order chi connectivity index (χ1) is 9.29. The number of aromatic nitrogens is 2. The first-order valence-electron chi connectivity index (χ1n) is 6.38. The molecule has 0 saturated heterocycles. The van der Waals surface area contributed by atoms with E-state index >= 15 is 0 Å². The molecule has 1 aliphatic carbocycles. The third kappa shape index (κ3) is 3.37. The highest BCUT2D eigenvalue weighted by Crippen LogP contribution is 2.18. The van der Waals surface area contributed by atoms with Crippen LogP contribution in [0.25, 0.3) is 0 Å². The average molecular weight is 260 g/mol. The summed E-state index contributed by atoms with van der Waals surface area (Å²) in [6.45, 7) is 0.867. The molecule has 6 nitrogen and oxygen atoms in total. The fourth-order valence-electron chi connectivity index (χ4n) is 1.79. The maximum Gasteiger partial charge on any atom is 0.241 e. The molecule has 0 radical (unpaired) electrons. The predicted octanol–water partition coefficient (Wildman–Crippen LogP) is 1.37. The Morgan fingerprint density at radius 2 is 2.42 bits per heavy atom. The normalized spacial score (nSPS) is 14.3. The van der Waals surface area contributed by atoms with E-state index in [1.54, 1.807) is 17.1 Å². The van der Waals surface area contributed by atoms with Gasteiger partial charge in [-0.25, -0.2) is 0 Å². The zero-order chi connectivity index (χ0) is 13.1. The summed E-state index contributed by atoms with van der Waals surface area (Å²) in [5, 5.41) is 10.3. The van der Waals surface area contributed by atoms with Crippen molar-refractivity contribution in [2.75, 3.05) is 5.32 Å². The molecular weight excluding hydrogens is 244 g/mol. The molecule has 2 aromatic heterocycles. The zero-order valence-electron chi connectivity index (χ0n) is 10.5. The minimum absolute atomic E-state index is 0.0168. The number of hydrogen-bond acceptors (Lipinski definition) is 4. The number of carbonyl (C=O) groups is 1. The number of nitrogens with zero attached hydrogens (tertiary/aromatic N) is 2. The summed E-state index contributed by atoms with van der Waals surface area (Å²) < 4.78 is 6.85. The second-order valence-electron chi connectivity index (χ2n) is 4.70. The van der Waals surface area contributed by atoms with Gasteiger partial charge in [0.05, 0.1) is 24.7 Å². The topological polar surface area (TPSA) is 72.1 Å². The smallest absolute Gasteiger partial charge is 0.241 e. The number of nitrogens with one attached hydrogen (secondary N) is 2. The highest BCUT2D eigenvalue weighted by molar-refractivity contribution is 5.76. The second-order valence-corrected chi connectivity index (χ2v) is 4.70. The van der Waals surface area contributed by atoms with Crippen LogP contribution in [0.3, 0.4) is 0 Å². The molecule has 0 atom stereocenters. The molecule has 2 aromatic rings. The van der Waals surface area contributed by atoms with E-state index in [9.17, 15) is 4.79 Å². The minimum atomic E-state index is 0.0168. The number of anilines is 1. The van der Waals surface area contributed by atoms with Gasteiger partial charge in [0.15, 0.2) is 0 Å². The summed E-state index contributed by atoms with van der Waals surface area (Å²) >= 11 is 0. The lowest BCUT2D eigenvalue weighted by Gasteiger charge is -2.03. The van der Waals surface area contributed by atoms with Crippen LogP contribution < -0.4 is 10.6 Å². The molecule has 100 valence electrons. The van der Waals surface area contributed by atoms with E-state index in [1.165, 1.54) is 0 Å². The lowest BCUT2D eigenvalue weighted by atomic mass is 10.4. The third-order valence-corrected chi connectivity index (χ3v) is 2.93. The SMILES string of the molecule is O=C(Cn1cc(NCc2ccco2)cn1)NC1CC1. The Hall–Kier alpha value is -2.24. The summed E-state index contributed by atoms with van der Waals surface area (Å²) in [6, 6.07) is 4.14. The van der Waals surface area contributed by atoms with Crippen LogP contribution in [-0.4, -0.2) is 21.7 Å². The first-order valence-corrected chi connectivity index (χ1v) is 6.38. The summed E-state index contributed by atoms with van der Waals surface area (Å²) in [6.07, 6.45) is 7.35. The fourth-order valence-corrected chi connectivity index (χ4v) is 1.79. The predicted molar refractivity (Wildman–Crippen MR) is 69.4 cm³/mol. The molecule has 1 aliphatic rings. The number of furan rings is 1. The molecule has 2 heterocycles. The average Bonchev–Trinajstić information content (AvgIpc) is 2.91. The van der Waals surface area contributed by atoms with Crippen molar-refractivity contribution >= 4 is 11.6 Å². The largest absolute Gasteiger partial charge is 0.467 e. The van der Waals surface area contributed by atoms with E-state index < -0.39 is 0 Å². The van der Waals surface area contributed by atoms with E-state index in [2.05, 4.69) is 15.7 Å². The van der Waals surface area contributed by atoms with Crippen molar-refractivity contribution in [1.29, 1.82) is 0 Å². The van der Waals surface area contributed by atoms with Crippen molar-refractivity contribution in [3.63, 3.8) is 0 Å². The van der Waals surface area contributed by atoms with Crippen LogP contribution in [0.2, 0.25) is 0 Å². The Morgan fingerprint density at radius 3 is 3.16 bits per heavy atom. The van der Waals surface area contributed by atoms with Gasteiger partial charge >= 0.3 is 0 Å². The van der Waals surface area contributed by atoms with Crippen molar-refractivity contribution in [2.45, 2.75) is 32.0 Å². The highest BCUT2D eigenvalue weighted by atomic mass is 16.3. The van der Waals surface area contributed by atoms with Gasteiger partial charge in [0, 0.05) is 12.2 Å². The molecule has 1 saturated carbocycles. The van der Waals surface area contributed by atoms with Crippen LogP contribution in [0.4, 0.5) is 5.69 Å². The lowest BCUT2D eigenvalue weighted by molar-refractivity contribution is -0.122. The van der Waals surface area contributed by atoms with E-state index in [0.717, 1.165) is 24.3 Å². The van der Waals surface area contributed by atoms with Crippen molar-refractivity contribution in [1.82, 2.24) is 15.1 Å². The highest BCUT2D eigenvalue weighted by Gasteiger charge is 2.23. The Balaban J connectivity index is 1.49. The molecule has 6 heteroatoms. The van der Waals surface area contributed by atoms with Crippen LogP contribution in [0, 0.1) is 0 Å². The third-order valence-electron chi connectivity index (χ3n) is 2.93. The zero-order valence-corrected chi connectivity index (χ0v) is 10.5. The van der Waals surface area contributed by atoms with Crippen molar-refractivity contribution in [3.05, 3.63) is 36.5 Å². The molecule has 0 aliphatic heterocycles. The fraction of sp³-hybridized carbons (Fsp3) is 0.385. The number of hydrogen-bond donors (Lipinski definition) is 2. The van der Waals surface area contributed by atoms with Crippen LogP contribution in [0.5, 0.6) is 0 Å². The van der Waals surface area contributed by atoms with Crippen LogP contribution in [0.15, 0.2) is 35.2 Å². The van der Waals surface area contributed by atoms with Crippen molar-refractivity contribution in [2.24, 2.45) is 0 Å². The molecule has 0 aromatic carbocycles. The molecule has 0 unspecified atom stereocenters. The second kappa shape index (κ2) is 5.17. The Bertz CT molecular complexity index is 543. The molecule has 19 heavy (non-hydrogen) atoms. The Labute approximate surface area is 110 Å².